The van der Waals surface area contributed by atoms with Gasteiger partial charge in [0.25, 0.3) is 0 Å². The number of aliphatic hydroxyl groups is 1. The van der Waals surface area contributed by atoms with E-state index in [9.17, 15) is 33.9 Å². The number of ether oxygens (including phenoxy) is 3. The van der Waals surface area contributed by atoms with Crippen molar-refractivity contribution in [2.75, 3.05) is 18.4 Å². The van der Waals surface area contributed by atoms with Gasteiger partial charge < -0.3 is 51.4 Å². The number of carbonyl (C=O) groups is 6. The number of primary amides is 1. The number of anilines is 1. The third-order valence-corrected chi connectivity index (χ3v) is 6.60. The van der Waals surface area contributed by atoms with Crippen molar-refractivity contribution in [3.63, 3.8) is 0 Å². The molecule has 0 radical (unpaired) electrons. The maximum Gasteiger partial charge on any atom is 0.322 e. The Hall–Kier alpha value is -4.44. The highest BCUT2D eigenvalue weighted by Crippen LogP contribution is 2.31. The molecule has 5 amide bonds. The number of urea groups is 1. The summed E-state index contributed by atoms with van der Waals surface area (Å²) in [5, 5.41) is 29.4. The Morgan fingerprint density at radius 2 is 1.78 bits per heavy atom. The fourth-order valence-corrected chi connectivity index (χ4v) is 4.33. The number of amides is 5. The lowest BCUT2D eigenvalue weighted by Crippen LogP contribution is -2.47. The highest BCUT2D eigenvalue weighted by atomic mass is 16.7. The Kier molecular flexibility index (Phi) is 15.2. The smallest absolute Gasteiger partial charge is 0.322 e. The molecule has 8 N–H and O–H groups in total. The maximum absolute atomic E-state index is 13.5. The molecule has 1 aliphatic heterocycles. The molecule has 2 rings (SSSR count). The molecule has 1 aromatic rings. The number of aliphatic carboxylic acids is 1. The molecular formula is C30H45N5O11. The van der Waals surface area contributed by atoms with Crippen LogP contribution < -0.4 is 31.7 Å². The highest BCUT2D eigenvalue weighted by molar-refractivity contribution is 5.98. The lowest BCUT2D eigenvalue weighted by Gasteiger charge is -2.32. The van der Waals surface area contributed by atoms with E-state index in [1.165, 1.54) is 12.1 Å². The van der Waals surface area contributed by atoms with Gasteiger partial charge in [-0.15, -0.1) is 0 Å². The molecule has 0 aliphatic carbocycles. The molecule has 0 saturated carbocycles. The maximum atomic E-state index is 13.5. The molecule has 0 aromatic heterocycles. The number of hydrogen-bond acceptors (Lipinski definition) is 10. The van der Waals surface area contributed by atoms with E-state index >= 15 is 0 Å². The third kappa shape index (κ3) is 13.7. The standard InChI is InChI=1S/C30H45N5O11/c1-16(2)10-24(37)34-21(6-5-9-32-30(31)43)27(40)35-20-8-7-18(15-44-29(42)17(3)4)11-22(20)45-26-13-19(36)12-23(46-26)28(41)33-14-25(38)39/h7-8,11,16-17,19,21,23,26,36H,5-6,9-10,12-15H2,1-4H3,(H,33,41)(H,34,37)(H,35,40)(H,38,39)(H3,31,32,43). The first kappa shape index (κ1) is 37.7. The van der Waals surface area contributed by atoms with Gasteiger partial charge in [-0.1, -0.05) is 33.8 Å². The Balaban J connectivity index is 2.31. The number of aliphatic hydroxyl groups excluding tert-OH is 1. The van der Waals surface area contributed by atoms with Gasteiger partial charge in [-0.2, -0.15) is 0 Å². The van der Waals surface area contributed by atoms with Crippen molar-refractivity contribution in [3.8, 4) is 5.75 Å². The second kappa shape index (κ2) is 18.5. The number of benzene rings is 1. The van der Waals surface area contributed by atoms with Crippen molar-refractivity contribution in [2.24, 2.45) is 17.6 Å². The van der Waals surface area contributed by atoms with Gasteiger partial charge in [0, 0.05) is 25.8 Å². The monoisotopic (exact) mass is 651 g/mol. The van der Waals surface area contributed by atoms with E-state index in [1.807, 2.05) is 13.8 Å². The zero-order valence-corrected chi connectivity index (χ0v) is 26.5. The van der Waals surface area contributed by atoms with Gasteiger partial charge in [-0.05, 0) is 36.5 Å². The van der Waals surface area contributed by atoms with Crippen LogP contribution in [0.3, 0.4) is 0 Å². The highest BCUT2D eigenvalue weighted by Gasteiger charge is 2.35. The van der Waals surface area contributed by atoms with Gasteiger partial charge in [0.1, 0.15) is 31.0 Å². The van der Waals surface area contributed by atoms with E-state index in [2.05, 4.69) is 21.3 Å². The van der Waals surface area contributed by atoms with E-state index in [0.29, 0.717) is 12.0 Å². The van der Waals surface area contributed by atoms with Crippen LogP contribution in [0.5, 0.6) is 5.75 Å². The molecule has 0 bridgehead atoms. The van der Waals surface area contributed by atoms with Crippen molar-refractivity contribution >= 4 is 41.4 Å². The van der Waals surface area contributed by atoms with Gasteiger partial charge in [-0.25, -0.2) is 4.79 Å². The zero-order chi connectivity index (χ0) is 34.4. The summed E-state index contributed by atoms with van der Waals surface area (Å²) in [5.41, 5.74) is 5.76. The predicted octanol–water partition coefficient (Wildman–Crippen LogP) is 0.749. The van der Waals surface area contributed by atoms with E-state index in [0.717, 1.165) is 0 Å². The Bertz CT molecular complexity index is 1240. The first-order chi connectivity index (χ1) is 21.6. The van der Waals surface area contributed by atoms with Crippen molar-refractivity contribution in [3.05, 3.63) is 23.8 Å². The summed E-state index contributed by atoms with van der Waals surface area (Å²) in [6.45, 7) is 6.52. The quantitative estimate of drug-likeness (QED) is 0.0915. The number of nitrogens with one attached hydrogen (secondary N) is 4. The molecule has 16 heteroatoms. The van der Waals surface area contributed by atoms with Crippen LogP contribution in [0.1, 0.15) is 65.4 Å². The summed E-state index contributed by atoms with van der Waals surface area (Å²) in [7, 11) is 0. The minimum absolute atomic E-state index is 0.0402. The fraction of sp³-hybridized carbons (Fsp3) is 0.600. The summed E-state index contributed by atoms with van der Waals surface area (Å²) in [6.07, 6.45) is -2.89. The summed E-state index contributed by atoms with van der Waals surface area (Å²) >= 11 is 0. The number of rotatable bonds is 17. The van der Waals surface area contributed by atoms with Crippen molar-refractivity contribution in [1.82, 2.24) is 16.0 Å². The van der Waals surface area contributed by atoms with Gasteiger partial charge >= 0.3 is 18.0 Å². The summed E-state index contributed by atoms with van der Waals surface area (Å²) < 4.78 is 17.0. The fourth-order valence-electron chi connectivity index (χ4n) is 4.33. The molecule has 1 fully saturated rings. The normalized spacial score (nSPS) is 18.3. The molecule has 1 heterocycles. The van der Waals surface area contributed by atoms with Gasteiger partial charge in [0.15, 0.2) is 0 Å². The topological polar surface area (TPSA) is 245 Å². The summed E-state index contributed by atoms with van der Waals surface area (Å²) in [6, 6.07) is 2.88. The number of carboxylic acid groups (broad SMARTS) is 1. The Morgan fingerprint density at radius 3 is 2.41 bits per heavy atom. The lowest BCUT2D eigenvalue weighted by atomic mass is 10.0. The molecular weight excluding hydrogens is 606 g/mol. The van der Waals surface area contributed by atoms with Crippen LogP contribution in [0.4, 0.5) is 10.5 Å². The molecule has 4 unspecified atom stereocenters. The number of esters is 1. The third-order valence-electron chi connectivity index (χ3n) is 6.60. The number of nitrogens with two attached hydrogens (primary N) is 1. The predicted molar refractivity (Wildman–Crippen MR) is 163 cm³/mol. The first-order valence-corrected chi connectivity index (χ1v) is 15.1. The number of carboxylic acids is 1. The number of hydrogen-bond donors (Lipinski definition) is 7. The van der Waals surface area contributed by atoms with E-state index in [-0.39, 0.29) is 68.0 Å². The summed E-state index contributed by atoms with van der Waals surface area (Å²) in [5.74, 6) is -3.63. The van der Waals surface area contributed by atoms with Crippen molar-refractivity contribution in [1.29, 1.82) is 0 Å². The average molecular weight is 652 g/mol. The molecule has 16 nitrogen and oxygen atoms in total. The van der Waals surface area contributed by atoms with Crippen molar-refractivity contribution in [2.45, 2.75) is 90.9 Å². The molecule has 1 saturated heterocycles. The Morgan fingerprint density at radius 1 is 1.07 bits per heavy atom. The van der Waals surface area contributed by atoms with Gasteiger partial charge in [-0.3, -0.25) is 24.0 Å². The molecule has 1 aromatic carbocycles. The minimum atomic E-state index is -1.25. The van der Waals surface area contributed by atoms with Crippen LogP contribution in [0.15, 0.2) is 18.2 Å². The second-order valence-corrected chi connectivity index (χ2v) is 11.6. The van der Waals surface area contributed by atoms with Crippen LogP contribution in [0, 0.1) is 11.8 Å². The Labute approximate surface area is 267 Å². The molecule has 1 aliphatic rings. The van der Waals surface area contributed by atoms with E-state index in [4.69, 9.17) is 25.1 Å². The summed E-state index contributed by atoms with van der Waals surface area (Å²) in [4.78, 5) is 72.4. The largest absolute Gasteiger partial charge is 0.480 e. The van der Waals surface area contributed by atoms with Crippen LogP contribution in [-0.2, 0) is 40.1 Å². The first-order valence-electron chi connectivity index (χ1n) is 15.1. The SMILES string of the molecule is CC(C)CC(=O)NC(CCCNC(N)=O)C(=O)Nc1ccc(COC(=O)C(C)C)cc1OC1CC(O)CC(C(=O)NCC(=O)O)O1. The average Bonchev–Trinajstić information content (AvgIpc) is 2.96. The van der Waals surface area contributed by atoms with Gasteiger partial charge in [0.05, 0.1) is 17.7 Å². The lowest BCUT2D eigenvalue weighted by molar-refractivity contribution is -0.184. The number of carbonyl (C=O) groups excluding carboxylic acids is 5. The van der Waals surface area contributed by atoms with E-state index < -0.39 is 60.9 Å². The minimum Gasteiger partial charge on any atom is -0.480 e. The molecule has 4 atom stereocenters. The van der Waals surface area contributed by atoms with Crippen LogP contribution in [-0.4, -0.2) is 83.5 Å². The van der Waals surface area contributed by atoms with Crippen LogP contribution >= 0.6 is 0 Å². The zero-order valence-electron chi connectivity index (χ0n) is 26.5. The molecule has 46 heavy (non-hydrogen) atoms. The van der Waals surface area contributed by atoms with Crippen LogP contribution in [0.25, 0.3) is 0 Å². The van der Waals surface area contributed by atoms with Crippen LogP contribution in [0.2, 0.25) is 0 Å². The second-order valence-electron chi connectivity index (χ2n) is 11.6. The molecule has 0 spiro atoms. The molecule has 256 valence electrons. The van der Waals surface area contributed by atoms with Gasteiger partial charge in [0.2, 0.25) is 24.0 Å². The van der Waals surface area contributed by atoms with E-state index in [1.54, 1.807) is 19.9 Å². The van der Waals surface area contributed by atoms with Crippen molar-refractivity contribution < 1.29 is 53.2 Å².